The third kappa shape index (κ3) is 4.05. The molecule has 5 heteroatoms. The van der Waals surface area contributed by atoms with Crippen LogP contribution in [0.2, 0.25) is 0 Å². The lowest BCUT2D eigenvalue weighted by Gasteiger charge is -2.09. The van der Waals surface area contributed by atoms with Crippen molar-refractivity contribution in [3.63, 3.8) is 0 Å². The van der Waals surface area contributed by atoms with E-state index in [1.807, 2.05) is 30.3 Å². The largest absolute Gasteiger partial charge is 0.569 e. The van der Waals surface area contributed by atoms with E-state index in [2.05, 4.69) is 120 Å². The average Bonchev–Trinajstić information content (AvgIpc) is 3.65. The second kappa shape index (κ2) is 10.2. The zero-order valence-corrected chi connectivity index (χ0v) is 24.1. The lowest BCUT2D eigenvalue weighted by Crippen LogP contribution is -1.99. The minimum atomic E-state index is 0.475. The molecule has 0 spiro atoms. The Hall–Kier alpha value is -5.78. The Morgan fingerprint density at radius 1 is 0.533 bits per heavy atom. The maximum absolute atomic E-state index is 9.49. The Morgan fingerprint density at radius 2 is 1.16 bits per heavy atom. The van der Waals surface area contributed by atoms with Gasteiger partial charge in [-0.1, -0.05) is 97.1 Å². The van der Waals surface area contributed by atoms with E-state index < -0.39 is 0 Å². The van der Waals surface area contributed by atoms with Gasteiger partial charge < -0.3 is 18.7 Å². The predicted molar refractivity (Wildman–Crippen MR) is 185 cm³/mol. The number of furan rings is 1. The molecule has 7 aromatic carbocycles. The highest BCUT2D eigenvalue weighted by molar-refractivity contribution is 6.23. The van der Waals surface area contributed by atoms with Crippen LogP contribution in [0.4, 0.5) is 0 Å². The Kier molecular flexibility index (Phi) is 5.80. The van der Waals surface area contributed by atoms with E-state index in [-0.39, 0.29) is 0 Å². The van der Waals surface area contributed by atoms with Crippen molar-refractivity contribution in [3.05, 3.63) is 146 Å². The van der Waals surface area contributed by atoms with Gasteiger partial charge in [-0.3, -0.25) is 0 Å². The minimum absolute atomic E-state index is 0.475. The number of fused-ring (bicyclic) bond motifs is 8. The van der Waals surface area contributed by atoms with Gasteiger partial charge in [-0.15, -0.1) is 0 Å². The molecule has 1 radical (unpaired) electrons. The molecule has 9 rings (SSSR count). The van der Waals surface area contributed by atoms with Crippen LogP contribution in [0.3, 0.4) is 0 Å². The smallest absolute Gasteiger partial charge is 0.535 e. The van der Waals surface area contributed by atoms with Crippen molar-refractivity contribution in [1.29, 1.82) is 0 Å². The third-order valence-corrected chi connectivity index (χ3v) is 8.83. The van der Waals surface area contributed by atoms with Gasteiger partial charge in [-0.2, -0.15) is 0 Å². The van der Waals surface area contributed by atoms with E-state index in [0.29, 0.717) is 19.0 Å². The average molecular weight is 578 g/mol. The first-order valence-electron chi connectivity index (χ1n) is 15.0. The van der Waals surface area contributed by atoms with Crippen molar-refractivity contribution in [2.45, 2.75) is 0 Å². The van der Waals surface area contributed by atoms with Gasteiger partial charge in [0, 0.05) is 27.2 Å². The van der Waals surface area contributed by atoms with Crippen LogP contribution in [0.15, 0.2) is 150 Å². The van der Waals surface area contributed by atoms with Gasteiger partial charge >= 0.3 is 7.69 Å². The summed E-state index contributed by atoms with van der Waals surface area (Å²) in [5, 5.41) is 15.9. The summed E-state index contributed by atoms with van der Waals surface area (Å²) in [7, 11) is 0.702. The number of aromatic nitrogens is 1. The molecule has 0 aliphatic rings. The zero-order valence-electron chi connectivity index (χ0n) is 24.1. The summed E-state index contributed by atoms with van der Waals surface area (Å²) in [4.78, 5) is 0. The number of nitrogens with zero attached hydrogens (tertiary/aromatic N) is 1. The molecule has 0 amide bonds. The molecule has 211 valence electrons. The van der Waals surface area contributed by atoms with Crippen molar-refractivity contribution in [3.8, 4) is 33.7 Å². The fourth-order valence-electron chi connectivity index (χ4n) is 6.79. The molecule has 2 aromatic heterocycles. The van der Waals surface area contributed by atoms with Crippen LogP contribution in [0.5, 0.6) is 5.75 Å². The van der Waals surface area contributed by atoms with Crippen LogP contribution >= 0.6 is 0 Å². The Balaban J connectivity index is 1.34. The Labute approximate surface area is 259 Å². The van der Waals surface area contributed by atoms with Crippen LogP contribution in [0.25, 0.3) is 82.5 Å². The molecule has 0 aliphatic heterocycles. The second-order valence-electron chi connectivity index (χ2n) is 11.3. The first-order chi connectivity index (χ1) is 22.3. The highest BCUT2D eigenvalue weighted by Crippen LogP contribution is 2.42. The maximum atomic E-state index is 9.49. The van der Waals surface area contributed by atoms with Gasteiger partial charge in [0.25, 0.3) is 0 Å². The van der Waals surface area contributed by atoms with E-state index in [4.69, 9.17) is 9.07 Å². The molecule has 0 unspecified atom stereocenters. The van der Waals surface area contributed by atoms with Gasteiger partial charge in [0.05, 0.1) is 11.0 Å². The van der Waals surface area contributed by atoms with Gasteiger partial charge in [-0.25, -0.2) is 0 Å². The highest BCUT2D eigenvalue weighted by Gasteiger charge is 2.19. The van der Waals surface area contributed by atoms with E-state index in [1.54, 1.807) is 0 Å². The van der Waals surface area contributed by atoms with Gasteiger partial charge in [0.2, 0.25) is 0 Å². The van der Waals surface area contributed by atoms with Crippen LogP contribution in [0, 0.1) is 0 Å². The number of hydrogen-bond acceptors (Lipinski definition) is 3. The molecule has 0 bridgehead atoms. The lowest BCUT2D eigenvalue weighted by molar-refractivity contribution is 0.451. The van der Waals surface area contributed by atoms with Crippen LogP contribution in [0.1, 0.15) is 0 Å². The lowest BCUT2D eigenvalue weighted by atomic mass is 10.0. The van der Waals surface area contributed by atoms with Crippen molar-refractivity contribution in [1.82, 2.24) is 4.57 Å². The molecule has 9 aromatic rings. The van der Waals surface area contributed by atoms with Gasteiger partial charge in [-0.05, 0) is 81.6 Å². The number of benzene rings is 7. The quantitative estimate of drug-likeness (QED) is 0.207. The van der Waals surface area contributed by atoms with Crippen LogP contribution in [-0.4, -0.2) is 17.3 Å². The summed E-state index contributed by atoms with van der Waals surface area (Å²) in [5.74, 6) is 0.475. The van der Waals surface area contributed by atoms with E-state index in [9.17, 15) is 5.02 Å². The Bertz CT molecular complexity index is 2450. The third-order valence-electron chi connectivity index (χ3n) is 8.83. The Morgan fingerprint density at radius 3 is 1.80 bits per heavy atom. The molecular weight excluding hydrogens is 553 g/mol. The summed E-state index contributed by atoms with van der Waals surface area (Å²) < 4.78 is 14.2. The molecule has 0 aliphatic carbocycles. The molecule has 0 atom stereocenters. The molecule has 2 heterocycles. The number of hydrogen-bond donors (Lipinski definition) is 1. The van der Waals surface area contributed by atoms with Gasteiger partial charge in [0.1, 0.15) is 11.3 Å². The van der Waals surface area contributed by atoms with Crippen molar-refractivity contribution in [2.24, 2.45) is 0 Å². The molecule has 45 heavy (non-hydrogen) atoms. The minimum Gasteiger partial charge on any atom is -0.535 e. The summed E-state index contributed by atoms with van der Waals surface area (Å²) in [5.41, 5.74) is 9.41. The summed E-state index contributed by atoms with van der Waals surface area (Å²) in [6.45, 7) is 0. The van der Waals surface area contributed by atoms with Crippen molar-refractivity contribution in [2.75, 3.05) is 0 Å². The fourth-order valence-corrected chi connectivity index (χ4v) is 6.79. The molecule has 0 fully saturated rings. The topological polar surface area (TPSA) is 47.5 Å². The standard InChI is InChI=1S/C40H25BNO3/c43-41-45-38-23-29-13-7-8-14-31(29)39-34-24-30(17-20-37(34)44-40(38)39)42-35-18-15-27(25-9-3-1-4-10-25)21-32(35)33-22-28(16-19-36(33)42)26-11-5-2-6-12-26/h1-24,43H. The molecule has 0 saturated carbocycles. The van der Waals surface area contributed by atoms with Crippen LogP contribution < -0.4 is 4.65 Å². The molecular formula is C40H25BNO3. The van der Waals surface area contributed by atoms with E-state index in [1.165, 1.54) is 33.0 Å². The monoisotopic (exact) mass is 578 g/mol. The molecule has 1 N–H and O–H groups in total. The summed E-state index contributed by atoms with van der Waals surface area (Å²) in [6.07, 6.45) is 0. The molecule has 4 nitrogen and oxygen atoms in total. The first-order valence-corrected chi connectivity index (χ1v) is 15.0. The zero-order chi connectivity index (χ0) is 29.9. The van der Waals surface area contributed by atoms with Crippen LogP contribution in [-0.2, 0) is 0 Å². The van der Waals surface area contributed by atoms with E-state index in [0.717, 1.165) is 43.8 Å². The predicted octanol–water partition coefficient (Wildman–Crippen LogP) is 10.1. The summed E-state index contributed by atoms with van der Waals surface area (Å²) in [6, 6.07) is 51.0. The summed E-state index contributed by atoms with van der Waals surface area (Å²) >= 11 is 0. The van der Waals surface area contributed by atoms with E-state index >= 15 is 0 Å². The van der Waals surface area contributed by atoms with Crippen molar-refractivity contribution >= 4 is 62.2 Å². The molecule has 0 saturated heterocycles. The fraction of sp³-hybridized carbons (Fsp3) is 0. The van der Waals surface area contributed by atoms with Crippen molar-refractivity contribution < 1.29 is 14.1 Å². The van der Waals surface area contributed by atoms with Gasteiger partial charge in [0.15, 0.2) is 5.58 Å². The second-order valence-corrected chi connectivity index (χ2v) is 11.3. The SMILES string of the molecule is O[B]Oc1cc2ccccc2c2c1oc1ccc(-n3c4ccc(-c5ccccc5)cc4c4cc(-c5ccccc5)ccc43)cc12. The highest BCUT2D eigenvalue weighted by atomic mass is 16.5. The first kappa shape index (κ1) is 25.7. The maximum Gasteiger partial charge on any atom is 0.569 e. The normalized spacial score (nSPS) is 11.7. The number of rotatable bonds is 5.